The summed E-state index contributed by atoms with van der Waals surface area (Å²) in [7, 11) is 0. The number of nitrogens with zero attached hydrogens (tertiary/aromatic N) is 3. The van der Waals surface area contributed by atoms with Crippen molar-refractivity contribution in [3.05, 3.63) is 64.0 Å². The van der Waals surface area contributed by atoms with E-state index in [4.69, 9.17) is 4.98 Å². The highest BCUT2D eigenvalue weighted by Crippen LogP contribution is 2.36. The molecule has 1 atom stereocenters. The minimum Gasteiger partial charge on any atom is -0.356 e. The Balaban J connectivity index is 1.75. The number of aryl methyl sites for hydroxylation is 2. The highest BCUT2D eigenvalue weighted by Gasteiger charge is 2.22. The molecule has 2 aromatic heterocycles. The average Bonchev–Trinajstić information content (AvgIpc) is 2.79. The number of hydrogen-bond acceptors (Lipinski definition) is 4. The van der Waals surface area contributed by atoms with Crippen molar-refractivity contribution < 1.29 is 4.39 Å². The molecule has 0 spiro atoms. The molecule has 5 rings (SSSR count). The van der Waals surface area contributed by atoms with Crippen LogP contribution in [-0.2, 0) is 6.42 Å². The molecule has 1 fully saturated rings. The van der Waals surface area contributed by atoms with Gasteiger partial charge in [-0.25, -0.2) is 9.18 Å². The molecule has 2 aromatic carbocycles. The number of anilines is 1. The van der Waals surface area contributed by atoms with E-state index in [0.717, 1.165) is 58.0 Å². The summed E-state index contributed by atoms with van der Waals surface area (Å²) in [5, 5.41) is 2.71. The Bertz CT molecular complexity index is 1390. The zero-order chi connectivity index (χ0) is 22.4. The highest BCUT2D eigenvalue weighted by atomic mass is 19.1. The first-order chi connectivity index (χ1) is 15.5. The van der Waals surface area contributed by atoms with Gasteiger partial charge in [0.05, 0.1) is 16.6 Å². The SMILES string of the molecule is CCc1c(F)ccc2cccc(-c3ncc4c(N5CCCC(C)C5)nc(=O)[nH]c4c3C)c12. The molecule has 3 heterocycles. The summed E-state index contributed by atoms with van der Waals surface area (Å²) in [4.78, 5) is 26.8. The number of nitrogens with one attached hydrogen (secondary N) is 1. The fraction of sp³-hybridized carbons (Fsp3) is 0.346. The highest BCUT2D eigenvalue weighted by molar-refractivity contribution is 6.02. The largest absolute Gasteiger partial charge is 0.356 e. The van der Waals surface area contributed by atoms with Crippen LogP contribution < -0.4 is 10.6 Å². The number of H-pyrrole nitrogens is 1. The normalized spacial score (nSPS) is 16.8. The Morgan fingerprint density at radius 1 is 1.25 bits per heavy atom. The van der Waals surface area contributed by atoms with Crippen molar-refractivity contribution in [3.8, 4) is 11.3 Å². The van der Waals surface area contributed by atoms with Crippen molar-refractivity contribution >= 4 is 27.5 Å². The summed E-state index contributed by atoms with van der Waals surface area (Å²) >= 11 is 0. The predicted octanol–water partition coefficient (Wildman–Crippen LogP) is 5.38. The molecule has 6 heteroatoms. The zero-order valence-electron chi connectivity index (χ0n) is 18.7. The van der Waals surface area contributed by atoms with Gasteiger partial charge in [0.2, 0.25) is 0 Å². The molecule has 0 bridgehead atoms. The van der Waals surface area contributed by atoms with Crippen LogP contribution in [0.3, 0.4) is 0 Å². The minimum atomic E-state index is -0.357. The van der Waals surface area contributed by atoms with Gasteiger partial charge in [0.1, 0.15) is 11.6 Å². The molecule has 0 amide bonds. The van der Waals surface area contributed by atoms with E-state index in [0.29, 0.717) is 23.7 Å². The summed E-state index contributed by atoms with van der Waals surface area (Å²) in [5.41, 5.74) is 3.57. The summed E-state index contributed by atoms with van der Waals surface area (Å²) in [6.07, 6.45) is 4.67. The number of hydrogen-bond donors (Lipinski definition) is 1. The van der Waals surface area contributed by atoms with Crippen LogP contribution in [0.5, 0.6) is 0 Å². The number of benzene rings is 2. The number of halogens is 1. The van der Waals surface area contributed by atoms with E-state index in [2.05, 4.69) is 21.8 Å². The molecular formula is C26H27FN4O. The van der Waals surface area contributed by atoms with Gasteiger partial charge in [-0.2, -0.15) is 4.98 Å². The monoisotopic (exact) mass is 430 g/mol. The lowest BCUT2D eigenvalue weighted by Crippen LogP contribution is -2.36. The lowest BCUT2D eigenvalue weighted by Gasteiger charge is -2.32. The second-order valence-corrected chi connectivity index (χ2v) is 8.86. The molecule has 4 aromatic rings. The fourth-order valence-electron chi connectivity index (χ4n) is 5.10. The van der Waals surface area contributed by atoms with Crippen LogP contribution in [0.15, 0.2) is 41.3 Å². The molecule has 0 radical (unpaired) electrons. The van der Waals surface area contributed by atoms with E-state index in [1.54, 1.807) is 6.20 Å². The molecule has 5 nitrogen and oxygen atoms in total. The van der Waals surface area contributed by atoms with Crippen LogP contribution in [0.4, 0.5) is 10.2 Å². The van der Waals surface area contributed by atoms with E-state index < -0.39 is 0 Å². The summed E-state index contributed by atoms with van der Waals surface area (Å²) < 4.78 is 14.6. The number of fused-ring (bicyclic) bond motifs is 2. The molecule has 1 saturated heterocycles. The number of pyridine rings is 1. The topological polar surface area (TPSA) is 61.9 Å². The Morgan fingerprint density at radius 2 is 2.09 bits per heavy atom. The van der Waals surface area contributed by atoms with E-state index in [9.17, 15) is 9.18 Å². The van der Waals surface area contributed by atoms with Crippen molar-refractivity contribution in [3.63, 3.8) is 0 Å². The van der Waals surface area contributed by atoms with Gasteiger partial charge in [-0.3, -0.25) is 4.98 Å². The van der Waals surface area contributed by atoms with Crippen molar-refractivity contribution in [2.75, 3.05) is 18.0 Å². The van der Waals surface area contributed by atoms with Crippen LogP contribution >= 0.6 is 0 Å². The van der Waals surface area contributed by atoms with Crippen LogP contribution in [0.1, 0.15) is 37.8 Å². The van der Waals surface area contributed by atoms with Crippen molar-refractivity contribution in [1.82, 2.24) is 15.0 Å². The number of piperidine rings is 1. The van der Waals surface area contributed by atoms with Crippen molar-refractivity contribution in [1.29, 1.82) is 0 Å². The molecule has 1 unspecified atom stereocenters. The fourth-order valence-corrected chi connectivity index (χ4v) is 5.10. The number of aromatic amines is 1. The van der Waals surface area contributed by atoms with E-state index in [-0.39, 0.29) is 11.5 Å². The van der Waals surface area contributed by atoms with Gasteiger partial charge in [-0.15, -0.1) is 0 Å². The number of aromatic nitrogens is 3. The standard InChI is InChI=1S/C26H27FN4O/c1-4-18-21(27)11-10-17-8-5-9-19(22(17)18)23-16(3)24-20(13-28-23)25(30-26(32)29-24)31-12-6-7-15(2)14-31/h5,8-11,13,15H,4,6-7,12,14H2,1-3H3,(H,29,30,32). The lowest BCUT2D eigenvalue weighted by atomic mass is 9.93. The second-order valence-electron chi connectivity index (χ2n) is 8.86. The van der Waals surface area contributed by atoms with Crippen molar-refractivity contribution in [2.45, 2.75) is 40.0 Å². The first kappa shape index (κ1) is 20.6. The van der Waals surface area contributed by atoms with Gasteiger partial charge >= 0.3 is 5.69 Å². The molecular weight excluding hydrogens is 403 g/mol. The van der Waals surface area contributed by atoms with Crippen LogP contribution in [0, 0.1) is 18.7 Å². The van der Waals surface area contributed by atoms with Gasteiger partial charge in [-0.05, 0) is 60.1 Å². The van der Waals surface area contributed by atoms with Gasteiger partial charge < -0.3 is 9.88 Å². The van der Waals surface area contributed by atoms with Crippen molar-refractivity contribution in [2.24, 2.45) is 5.92 Å². The molecule has 0 aliphatic carbocycles. The number of rotatable bonds is 3. The zero-order valence-corrected chi connectivity index (χ0v) is 18.7. The van der Waals surface area contributed by atoms with E-state index in [1.165, 1.54) is 12.5 Å². The quantitative estimate of drug-likeness (QED) is 0.474. The maximum absolute atomic E-state index is 14.6. The summed E-state index contributed by atoms with van der Waals surface area (Å²) in [6, 6.07) is 9.28. The molecule has 0 saturated carbocycles. The molecule has 1 aliphatic heterocycles. The maximum atomic E-state index is 14.6. The molecule has 1 aliphatic rings. The molecule has 1 N–H and O–H groups in total. The first-order valence-electron chi connectivity index (χ1n) is 11.3. The molecule has 164 valence electrons. The Morgan fingerprint density at radius 3 is 2.88 bits per heavy atom. The second kappa shape index (κ2) is 8.01. The third-order valence-electron chi connectivity index (χ3n) is 6.66. The maximum Gasteiger partial charge on any atom is 0.347 e. The lowest BCUT2D eigenvalue weighted by molar-refractivity contribution is 0.445. The van der Waals surface area contributed by atoms with Crippen LogP contribution in [0.2, 0.25) is 0 Å². The Labute approximate surface area is 186 Å². The van der Waals surface area contributed by atoms with Gasteiger partial charge in [0.25, 0.3) is 0 Å². The minimum absolute atomic E-state index is 0.204. The van der Waals surface area contributed by atoms with Crippen LogP contribution in [-0.4, -0.2) is 28.0 Å². The van der Waals surface area contributed by atoms with Crippen LogP contribution in [0.25, 0.3) is 32.9 Å². The first-order valence-corrected chi connectivity index (χ1v) is 11.3. The Hall–Kier alpha value is -3.28. The smallest absolute Gasteiger partial charge is 0.347 e. The predicted molar refractivity (Wildman–Crippen MR) is 128 cm³/mol. The average molecular weight is 431 g/mol. The third kappa shape index (κ3) is 3.34. The van der Waals surface area contributed by atoms with Gasteiger partial charge in [-0.1, -0.05) is 38.1 Å². The van der Waals surface area contributed by atoms with Gasteiger partial charge in [0.15, 0.2) is 0 Å². The van der Waals surface area contributed by atoms with Gasteiger partial charge in [0, 0.05) is 24.8 Å². The Kier molecular flexibility index (Phi) is 5.16. The van der Waals surface area contributed by atoms with E-state index >= 15 is 0 Å². The molecule has 32 heavy (non-hydrogen) atoms. The summed E-state index contributed by atoms with van der Waals surface area (Å²) in [5.74, 6) is 1.06. The summed E-state index contributed by atoms with van der Waals surface area (Å²) in [6.45, 7) is 7.93. The van der Waals surface area contributed by atoms with E-state index in [1.807, 2.05) is 38.1 Å². The third-order valence-corrected chi connectivity index (χ3v) is 6.66.